The van der Waals surface area contributed by atoms with Gasteiger partial charge in [-0.2, -0.15) is 0 Å². The normalized spacial score (nSPS) is 11.5. The molecule has 0 fully saturated rings. The molecule has 0 atom stereocenters. The first-order chi connectivity index (χ1) is 8.62. The smallest absolute Gasteiger partial charge is 0.225 e. The predicted molar refractivity (Wildman–Crippen MR) is 75.0 cm³/mol. The number of benzene rings is 1. The Morgan fingerprint density at radius 3 is 2.50 bits per heavy atom. The van der Waals surface area contributed by atoms with Gasteiger partial charge in [0.2, 0.25) is 5.13 Å². The summed E-state index contributed by atoms with van der Waals surface area (Å²) < 4.78 is 3.74. The summed E-state index contributed by atoms with van der Waals surface area (Å²) in [6.07, 6.45) is 1.08. The summed E-state index contributed by atoms with van der Waals surface area (Å²) in [6, 6.07) is 8.81. The van der Waals surface area contributed by atoms with Gasteiger partial charge in [-0.1, -0.05) is 54.6 Å². The van der Waals surface area contributed by atoms with Crippen LogP contribution in [0.1, 0.15) is 31.9 Å². The van der Waals surface area contributed by atoms with Crippen LogP contribution < -0.4 is 5.32 Å². The van der Waals surface area contributed by atoms with E-state index in [1.54, 1.807) is 0 Å². The number of hydrogen-bond donors (Lipinski definition) is 1. The van der Waals surface area contributed by atoms with Crippen molar-refractivity contribution >= 4 is 16.7 Å². The maximum atomic E-state index is 3.89. The van der Waals surface area contributed by atoms with Gasteiger partial charge in [-0.25, -0.2) is 0 Å². The Morgan fingerprint density at radius 2 is 1.94 bits per heavy atom. The van der Waals surface area contributed by atoms with Crippen molar-refractivity contribution in [2.75, 3.05) is 11.9 Å². The monoisotopic (exact) mass is 262 g/mol. The van der Waals surface area contributed by atoms with Gasteiger partial charge in [-0.3, -0.25) is 0 Å². The molecule has 0 aliphatic carbocycles. The molecule has 4 nitrogen and oxygen atoms in total. The minimum atomic E-state index is 0.0535. The molecule has 0 saturated carbocycles. The van der Waals surface area contributed by atoms with Gasteiger partial charge in [-0.15, -0.1) is 0 Å². The number of rotatable bonds is 5. The van der Waals surface area contributed by atoms with E-state index in [1.807, 2.05) is 0 Å². The Bertz CT molecular complexity index is 476. The number of anilines is 1. The maximum Gasteiger partial charge on any atom is 0.225 e. The lowest BCUT2D eigenvalue weighted by Gasteiger charge is -2.25. The van der Waals surface area contributed by atoms with E-state index >= 15 is 0 Å². The third-order valence-corrected chi connectivity index (χ3v) is 3.68. The fraction of sp³-hybridized carbons (Fsp3) is 0.462. The van der Waals surface area contributed by atoms with E-state index in [0.29, 0.717) is 0 Å². The minimum Gasteiger partial charge on any atom is -0.358 e. The molecule has 1 N–H and O–H groups in total. The van der Waals surface area contributed by atoms with Gasteiger partial charge in [0.15, 0.2) is 0 Å². The fourth-order valence-electron chi connectivity index (χ4n) is 1.79. The first-order valence-corrected chi connectivity index (χ1v) is 6.87. The van der Waals surface area contributed by atoms with Gasteiger partial charge in [-0.05, 0) is 22.8 Å². The second-order valence-corrected chi connectivity index (χ2v) is 5.69. The van der Waals surface area contributed by atoms with Crippen LogP contribution in [-0.4, -0.2) is 21.3 Å². The van der Waals surface area contributed by atoms with Crippen LogP contribution in [0.15, 0.2) is 24.3 Å². The number of nitrogens with zero attached hydrogens (tertiary/aromatic N) is 3. The Hall–Kier alpha value is -1.49. The van der Waals surface area contributed by atoms with Crippen LogP contribution >= 0.6 is 11.5 Å². The lowest BCUT2D eigenvalue weighted by molar-refractivity contribution is 0.556. The van der Waals surface area contributed by atoms with E-state index in [0.717, 1.165) is 18.1 Å². The molecule has 1 aromatic carbocycles. The van der Waals surface area contributed by atoms with Gasteiger partial charge >= 0.3 is 0 Å². The Morgan fingerprint density at radius 1 is 1.22 bits per heavy atom. The van der Waals surface area contributed by atoms with Gasteiger partial charge in [0, 0.05) is 23.5 Å². The average molecular weight is 262 g/mol. The van der Waals surface area contributed by atoms with Crippen LogP contribution in [0.5, 0.6) is 0 Å². The molecule has 2 aromatic rings. The van der Waals surface area contributed by atoms with E-state index in [4.69, 9.17) is 0 Å². The maximum absolute atomic E-state index is 3.89. The molecule has 1 heterocycles. The molecule has 2 rings (SSSR count). The summed E-state index contributed by atoms with van der Waals surface area (Å²) in [4.78, 5) is 0. The highest BCUT2D eigenvalue weighted by molar-refractivity contribution is 7.09. The highest BCUT2D eigenvalue weighted by atomic mass is 32.1. The van der Waals surface area contributed by atoms with Gasteiger partial charge in [0.1, 0.15) is 0 Å². The first kappa shape index (κ1) is 13.0. The van der Waals surface area contributed by atoms with Crippen molar-refractivity contribution in [2.24, 2.45) is 0 Å². The van der Waals surface area contributed by atoms with E-state index < -0.39 is 0 Å². The summed E-state index contributed by atoms with van der Waals surface area (Å²) in [7, 11) is 0. The fourth-order valence-corrected chi connectivity index (χ4v) is 2.15. The number of hydrogen-bond acceptors (Lipinski definition) is 5. The van der Waals surface area contributed by atoms with E-state index in [1.165, 1.54) is 22.7 Å². The second-order valence-electron chi connectivity index (χ2n) is 4.96. The Kier molecular flexibility index (Phi) is 3.91. The number of aromatic nitrogens is 3. The van der Waals surface area contributed by atoms with Crippen molar-refractivity contribution in [2.45, 2.75) is 32.6 Å². The molecule has 0 unspecified atom stereocenters. The number of nitrogens with one attached hydrogen (secondary N) is 1. The topological polar surface area (TPSA) is 50.7 Å². The second kappa shape index (κ2) is 5.44. The molecule has 0 saturated heterocycles. The van der Waals surface area contributed by atoms with Crippen LogP contribution in [0.25, 0.3) is 0 Å². The molecule has 0 bridgehead atoms. The predicted octanol–water partition coefficient (Wildman–Crippen LogP) is 2.89. The third-order valence-electron chi connectivity index (χ3n) is 3.12. The highest BCUT2D eigenvalue weighted by Gasteiger charge is 2.20. The van der Waals surface area contributed by atoms with Crippen LogP contribution in [-0.2, 0) is 11.8 Å². The summed E-state index contributed by atoms with van der Waals surface area (Å²) in [5.74, 6) is 0. The largest absolute Gasteiger partial charge is 0.358 e. The molecular weight excluding hydrogens is 244 g/mol. The van der Waals surface area contributed by atoms with Crippen LogP contribution in [0.2, 0.25) is 0 Å². The van der Waals surface area contributed by atoms with Crippen molar-refractivity contribution in [1.29, 1.82) is 0 Å². The first-order valence-electron chi connectivity index (χ1n) is 6.10. The Balaban J connectivity index is 2.04. The van der Waals surface area contributed by atoms with Crippen molar-refractivity contribution in [3.05, 3.63) is 35.4 Å². The molecule has 18 heavy (non-hydrogen) atoms. The zero-order valence-corrected chi connectivity index (χ0v) is 11.8. The summed E-state index contributed by atoms with van der Waals surface area (Å²) in [6.45, 7) is 7.42. The van der Waals surface area contributed by atoms with Crippen molar-refractivity contribution < 1.29 is 0 Å². The highest BCUT2D eigenvalue weighted by Crippen LogP contribution is 2.24. The third kappa shape index (κ3) is 3.04. The summed E-state index contributed by atoms with van der Waals surface area (Å²) in [5.41, 5.74) is 2.75. The van der Waals surface area contributed by atoms with Crippen molar-refractivity contribution in [3.8, 4) is 0 Å². The van der Waals surface area contributed by atoms with Crippen LogP contribution in [0, 0.1) is 0 Å². The van der Waals surface area contributed by atoms with Crippen molar-refractivity contribution in [1.82, 2.24) is 14.8 Å². The summed E-state index contributed by atoms with van der Waals surface area (Å²) in [5, 5.41) is 11.5. The lowest BCUT2D eigenvalue weighted by atomic mass is 9.84. The zero-order chi connectivity index (χ0) is 13.0. The van der Waals surface area contributed by atoms with E-state index in [9.17, 15) is 0 Å². The van der Waals surface area contributed by atoms with Crippen LogP contribution in [0.4, 0.5) is 5.13 Å². The lowest BCUT2D eigenvalue weighted by Crippen LogP contribution is -2.27. The molecule has 0 aliphatic heterocycles. The Labute approximate surface area is 112 Å². The zero-order valence-electron chi connectivity index (χ0n) is 11.0. The van der Waals surface area contributed by atoms with Gasteiger partial charge in [0.05, 0.1) is 0 Å². The molecule has 96 valence electrons. The molecule has 0 aliphatic rings. The number of aryl methyl sites for hydroxylation is 1. The quantitative estimate of drug-likeness (QED) is 0.900. The van der Waals surface area contributed by atoms with E-state index in [-0.39, 0.29) is 5.41 Å². The van der Waals surface area contributed by atoms with E-state index in [2.05, 4.69) is 65.2 Å². The average Bonchev–Trinajstić information content (AvgIpc) is 2.90. The molecule has 1 aromatic heterocycles. The molecular formula is C13H18N4S. The van der Waals surface area contributed by atoms with Gasteiger partial charge < -0.3 is 5.32 Å². The standard InChI is InChI=1S/C13H18N4S/c1-4-10-5-7-11(8-6-10)13(2,3)9-14-12-15-16-17-18-12/h5-8H,4,9H2,1-3H3,(H,14,15,17). The molecule has 0 amide bonds. The van der Waals surface area contributed by atoms with Crippen molar-refractivity contribution in [3.63, 3.8) is 0 Å². The summed E-state index contributed by atoms with van der Waals surface area (Å²) >= 11 is 1.28. The molecule has 0 spiro atoms. The van der Waals surface area contributed by atoms with Crippen LogP contribution in [0.3, 0.4) is 0 Å². The minimum absolute atomic E-state index is 0.0535. The SMILES string of the molecule is CCc1ccc(C(C)(C)CNc2nnns2)cc1. The molecule has 0 radical (unpaired) electrons. The van der Waals surface area contributed by atoms with Gasteiger partial charge in [0.25, 0.3) is 0 Å². The molecule has 5 heteroatoms.